The average Bonchev–Trinajstić information content (AvgIpc) is 3.81. The summed E-state index contributed by atoms with van der Waals surface area (Å²) < 4.78 is 35.7. The Morgan fingerprint density at radius 1 is 0.768 bits per heavy atom. The number of allylic oxidation sites excluding steroid dienone is 2. The standard InChI is InChI=1S/C53H58FN7O7S/c1-8-34-10-12-45(69-34)51-61-38-11-9-27(32-15-36(55-23-32)41-19-30-17-39(30)59(41)49(62)47(25(2)3)57-52(64)66-6)13-29(38)21-43(61)46-35(54)14-28(22-44(46)68-51)33-16-37(56-24-33)42-20-31-18-40(31)60(42)50(63)48(26(4)5)58-53(65)67-7/h9-14,21-26,30-31,39-42,47-48,51H,8,15-20H2,1-7H3,(H,57,64)(H,58,65)/t30-,31-,39-,40-,41+,42+,47+,48+,51?/m1/s1. The largest absolute Gasteiger partial charge is 0.464 e. The SMILES string of the molecule is CCc1ccc(C2Oc3cc(C4=CN=C([C@@H]5C[C@H]6C[C@H]6N5C(=O)[C@@H](NC(=O)OC)C(C)C)C4)cc(F)c3-c3cc4cc(C5=CN=C([C@@H]6C[C@H]7C[C@H]7N6C(=O)[C@@H](NC(=O)OC)C(C)C)C5)ccc4n32)s1. The van der Waals surface area contributed by atoms with Gasteiger partial charge < -0.3 is 34.6 Å². The molecule has 2 saturated heterocycles. The molecule has 4 fully saturated rings. The van der Waals surface area contributed by atoms with Gasteiger partial charge in [-0.1, -0.05) is 40.7 Å². The van der Waals surface area contributed by atoms with E-state index in [-0.39, 0.29) is 47.8 Å². The van der Waals surface area contributed by atoms with Crippen molar-refractivity contribution in [3.63, 3.8) is 0 Å². The van der Waals surface area contributed by atoms with Crippen LogP contribution in [0.3, 0.4) is 0 Å². The second-order valence-electron chi connectivity index (χ2n) is 20.4. The molecule has 2 aromatic carbocycles. The highest BCUT2D eigenvalue weighted by molar-refractivity contribution is 7.12. The quantitative estimate of drug-likeness (QED) is 0.144. The van der Waals surface area contributed by atoms with E-state index in [9.17, 15) is 19.2 Å². The van der Waals surface area contributed by atoms with E-state index >= 15 is 4.39 Å². The maximum Gasteiger partial charge on any atom is 0.407 e. The summed E-state index contributed by atoms with van der Waals surface area (Å²) in [4.78, 5) is 68.5. The van der Waals surface area contributed by atoms with Gasteiger partial charge >= 0.3 is 12.2 Å². The zero-order valence-electron chi connectivity index (χ0n) is 40.0. The van der Waals surface area contributed by atoms with Gasteiger partial charge in [-0.3, -0.25) is 24.1 Å². The molecule has 14 nitrogen and oxygen atoms in total. The number of rotatable bonds is 12. The van der Waals surface area contributed by atoms with Crippen molar-refractivity contribution >= 4 is 68.8 Å². The topological polar surface area (TPSA) is 156 Å². The molecule has 0 radical (unpaired) electrons. The molecule has 7 heterocycles. The van der Waals surface area contributed by atoms with Crippen molar-refractivity contribution in [3.05, 3.63) is 87.6 Å². The molecule has 360 valence electrons. The van der Waals surface area contributed by atoms with Crippen molar-refractivity contribution in [1.29, 1.82) is 0 Å². The first kappa shape index (κ1) is 45.2. The molecular weight excluding hydrogens is 898 g/mol. The lowest BCUT2D eigenvalue weighted by Gasteiger charge is -2.33. The number of fused-ring (bicyclic) bond motifs is 7. The monoisotopic (exact) mass is 955 g/mol. The number of methoxy groups -OCH3 is 2. The number of aryl methyl sites for hydroxylation is 1. The lowest BCUT2D eigenvalue weighted by Crippen LogP contribution is -2.54. The fraction of sp³-hybridized carbons (Fsp3) is 0.472. The van der Waals surface area contributed by atoms with Crippen molar-refractivity contribution < 1.29 is 37.8 Å². The van der Waals surface area contributed by atoms with Crippen LogP contribution < -0.4 is 15.4 Å². The van der Waals surface area contributed by atoms with Crippen LogP contribution in [-0.4, -0.2) is 100 Å². The minimum Gasteiger partial charge on any atom is -0.464 e. The summed E-state index contributed by atoms with van der Waals surface area (Å²) in [5.74, 6) is 0.379. The van der Waals surface area contributed by atoms with Crippen LogP contribution >= 0.6 is 11.3 Å². The molecule has 0 spiro atoms. The predicted octanol–water partition coefficient (Wildman–Crippen LogP) is 9.12. The summed E-state index contributed by atoms with van der Waals surface area (Å²) in [6.07, 6.45) is 7.39. The molecule has 7 aliphatic rings. The number of hydrogen-bond donors (Lipinski definition) is 2. The molecule has 11 rings (SSSR count). The molecule has 2 N–H and O–H groups in total. The second kappa shape index (κ2) is 17.3. The van der Waals surface area contributed by atoms with E-state index in [0.29, 0.717) is 41.6 Å². The van der Waals surface area contributed by atoms with Crippen LogP contribution in [0.4, 0.5) is 14.0 Å². The molecular formula is C53H58FN7O7S. The first-order valence-corrected chi connectivity index (χ1v) is 25.2. The molecule has 4 aromatic rings. The van der Waals surface area contributed by atoms with Gasteiger partial charge in [-0.2, -0.15) is 0 Å². The van der Waals surface area contributed by atoms with Gasteiger partial charge in [-0.25, -0.2) is 14.0 Å². The molecule has 16 heteroatoms. The Balaban J connectivity index is 0.857. The van der Waals surface area contributed by atoms with Crippen molar-refractivity contribution in [2.75, 3.05) is 14.2 Å². The summed E-state index contributed by atoms with van der Waals surface area (Å²) >= 11 is 1.69. The number of likely N-dealkylation sites (tertiary alicyclic amines) is 2. The lowest BCUT2D eigenvalue weighted by molar-refractivity contribution is -0.136. The maximum absolute atomic E-state index is 17.0. The lowest BCUT2D eigenvalue weighted by atomic mass is 9.94. The molecule has 2 aliphatic carbocycles. The number of carbonyl (C=O) groups excluding carboxylic acids is 4. The molecule has 9 atom stereocenters. The number of ether oxygens (including phenoxy) is 3. The minimum absolute atomic E-state index is 0.0961. The number of aliphatic imine (C=N–C) groups is 2. The van der Waals surface area contributed by atoms with Crippen molar-refractivity contribution in [3.8, 4) is 17.0 Å². The Hall–Kier alpha value is -6.29. The summed E-state index contributed by atoms with van der Waals surface area (Å²) in [6, 6.07) is 14.6. The van der Waals surface area contributed by atoms with Gasteiger partial charge in [0.25, 0.3) is 0 Å². The molecule has 4 amide bonds. The number of nitrogens with one attached hydrogen (secondary N) is 2. The third kappa shape index (κ3) is 7.82. The first-order chi connectivity index (χ1) is 33.2. The number of hydrogen-bond acceptors (Lipinski definition) is 10. The van der Waals surface area contributed by atoms with Gasteiger partial charge in [0.15, 0.2) is 0 Å². The summed E-state index contributed by atoms with van der Waals surface area (Å²) in [6.45, 7) is 9.80. The highest BCUT2D eigenvalue weighted by Crippen LogP contribution is 2.52. The third-order valence-electron chi connectivity index (χ3n) is 15.4. The number of piperidine rings is 2. The molecule has 1 unspecified atom stereocenters. The van der Waals surface area contributed by atoms with Crippen molar-refractivity contribution in [1.82, 2.24) is 25.0 Å². The Labute approximate surface area is 404 Å². The van der Waals surface area contributed by atoms with Crippen molar-refractivity contribution in [2.45, 2.75) is 122 Å². The van der Waals surface area contributed by atoms with Crippen LogP contribution in [-0.2, 0) is 25.5 Å². The fourth-order valence-corrected chi connectivity index (χ4v) is 12.6. The fourth-order valence-electron chi connectivity index (χ4n) is 11.6. The molecule has 0 bridgehead atoms. The predicted molar refractivity (Wildman–Crippen MR) is 262 cm³/mol. The number of halogens is 1. The second-order valence-corrected chi connectivity index (χ2v) is 21.6. The van der Waals surface area contributed by atoms with Crippen LogP contribution in [0.2, 0.25) is 0 Å². The van der Waals surface area contributed by atoms with Crippen LogP contribution in [0.5, 0.6) is 5.75 Å². The van der Waals surface area contributed by atoms with Gasteiger partial charge in [-0.15, -0.1) is 11.3 Å². The number of benzene rings is 2. The third-order valence-corrected chi connectivity index (χ3v) is 16.7. The smallest absolute Gasteiger partial charge is 0.407 e. The van der Waals surface area contributed by atoms with E-state index < -0.39 is 36.3 Å². The van der Waals surface area contributed by atoms with E-state index in [1.807, 2.05) is 49.8 Å². The number of nitrogens with zero attached hydrogens (tertiary/aromatic N) is 5. The van der Waals surface area contributed by atoms with E-state index in [2.05, 4.69) is 58.5 Å². The average molecular weight is 956 g/mol. The zero-order valence-corrected chi connectivity index (χ0v) is 40.8. The maximum atomic E-state index is 17.0. The van der Waals surface area contributed by atoms with Crippen molar-refractivity contribution in [2.24, 2.45) is 33.7 Å². The van der Waals surface area contributed by atoms with Gasteiger partial charge in [0.2, 0.25) is 18.0 Å². The van der Waals surface area contributed by atoms with Crippen LogP contribution in [0, 0.1) is 29.5 Å². The van der Waals surface area contributed by atoms with Crippen LogP contribution in [0.1, 0.15) is 100 Å². The normalized spacial score (nSPS) is 25.7. The minimum atomic E-state index is -0.728. The van der Waals surface area contributed by atoms with E-state index in [1.54, 1.807) is 23.6 Å². The van der Waals surface area contributed by atoms with E-state index in [0.717, 1.165) is 81.7 Å². The highest BCUT2D eigenvalue weighted by Gasteiger charge is 2.58. The zero-order chi connectivity index (χ0) is 48.2. The molecule has 69 heavy (non-hydrogen) atoms. The van der Waals surface area contributed by atoms with Gasteiger partial charge in [0, 0.05) is 59.0 Å². The Kier molecular flexibility index (Phi) is 11.3. The van der Waals surface area contributed by atoms with E-state index in [1.165, 1.54) is 19.1 Å². The summed E-state index contributed by atoms with van der Waals surface area (Å²) in [7, 11) is 2.59. The number of aromatic nitrogens is 1. The Morgan fingerprint density at radius 3 is 1.88 bits per heavy atom. The summed E-state index contributed by atoms with van der Waals surface area (Å²) in [5.41, 5.74) is 7.39. The van der Waals surface area contributed by atoms with Gasteiger partial charge in [0.05, 0.1) is 48.0 Å². The van der Waals surface area contributed by atoms with E-state index in [4.69, 9.17) is 24.2 Å². The summed E-state index contributed by atoms with van der Waals surface area (Å²) in [5, 5.41) is 6.46. The number of carbonyl (C=O) groups is 4. The number of amides is 4. The molecule has 2 aromatic heterocycles. The Bertz CT molecular complexity index is 2950. The molecule has 5 aliphatic heterocycles. The van der Waals surface area contributed by atoms with Crippen LogP contribution in [0.25, 0.3) is 33.3 Å². The molecule has 2 saturated carbocycles. The first-order valence-electron chi connectivity index (χ1n) is 24.3. The van der Waals surface area contributed by atoms with Gasteiger partial charge in [0.1, 0.15) is 23.7 Å². The number of thiophene rings is 1. The van der Waals surface area contributed by atoms with Gasteiger partial charge in [-0.05, 0) is 121 Å². The Morgan fingerprint density at radius 2 is 1.35 bits per heavy atom. The number of alkyl carbamates (subject to hydrolysis) is 2. The van der Waals surface area contributed by atoms with Crippen LogP contribution in [0.15, 0.2) is 70.9 Å². The highest BCUT2D eigenvalue weighted by atomic mass is 32.1.